The van der Waals surface area contributed by atoms with Crippen molar-refractivity contribution in [1.82, 2.24) is 5.32 Å². The first-order chi connectivity index (χ1) is 5.06. The van der Waals surface area contributed by atoms with Gasteiger partial charge in [-0.2, -0.15) is 0 Å². The van der Waals surface area contributed by atoms with Gasteiger partial charge in [-0.25, -0.2) is 4.79 Å². The number of Topliss-reactive ketones (excluding diaryl/α,β-unsaturated/α-hetero) is 1. The van der Waals surface area contributed by atoms with Crippen LogP contribution in [0, 0.1) is 0 Å². The van der Waals surface area contributed by atoms with E-state index in [9.17, 15) is 9.59 Å². The van der Waals surface area contributed by atoms with Crippen molar-refractivity contribution in [3.63, 3.8) is 0 Å². The molecule has 3 N–H and O–H groups in total. The van der Waals surface area contributed by atoms with Crippen molar-refractivity contribution >= 4 is 11.8 Å². The second kappa shape index (κ2) is 9.06. The molecule has 0 aliphatic rings. The quantitative estimate of drug-likeness (QED) is 0.458. The molecule has 0 aromatic heterocycles. The van der Waals surface area contributed by atoms with Crippen molar-refractivity contribution in [2.24, 2.45) is 0 Å². The molecule has 0 spiro atoms. The van der Waals surface area contributed by atoms with Crippen LogP contribution in [-0.2, 0) is 9.59 Å². The molecule has 0 aromatic rings. The van der Waals surface area contributed by atoms with E-state index in [4.69, 9.17) is 10.2 Å². The lowest BCUT2D eigenvalue weighted by Gasteiger charge is -1.84. The van der Waals surface area contributed by atoms with Crippen molar-refractivity contribution < 1.29 is 19.8 Å². The molecular weight excluding hydrogens is 150 g/mol. The molecule has 0 aliphatic heterocycles. The average Bonchev–Trinajstić information content (AvgIpc) is 1.90. The highest BCUT2D eigenvalue weighted by atomic mass is 16.4. The summed E-state index contributed by atoms with van der Waals surface area (Å²) in [5, 5.41) is 18.4. The Hall–Kier alpha value is -0.940. The molecule has 0 aliphatic carbocycles. The Bertz CT molecular complexity index is 110. The molecule has 0 rings (SSSR count). The number of carboxylic acid groups (broad SMARTS) is 1. The topological polar surface area (TPSA) is 86.6 Å². The second-order valence-corrected chi connectivity index (χ2v) is 1.69. The van der Waals surface area contributed by atoms with Crippen molar-refractivity contribution in [3.05, 3.63) is 0 Å². The van der Waals surface area contributed by atoms with E-state index in [2.05, 4.69) is 5.32 Å². The van der Waals surface area contributed by atoms with Gasteiger partial charge in [0.1, 0.15) is 0 Å². The number of rotatable bonds is 3. The Balaban J connectivity index is 0. The molecule has 0 aromatic carbocycles. The highest BCUT2D eigenvalue weighted by Crippen LogP contribution is 1.61. The minimum Gasteiger partial charge on any atom is -0.476 e. The van der Waals surface area contributed by atoms with Crippen LogP contribution in [0.25, 0.3) is 0 Å². The van der Waals surface area contributed by atoms with Gasteiger partial charge in [0.2, 0.25) is 5.78 Å². The first kappa shape index (κ1) is 12.7. The fourth-order valence-corrected chi connectivity index (χ4v) is 0.112. The molecule has 0 bridgehead atoms. The van der Waals surface area contributed by atoms with E-state index < -0.39 is 11.8 Å². The maximum atomic E-state index is 9.54. The third-order valence-corrected chi connectivity index (χ3v) is 0.663. The summed E-state index contributed by atoms with van der Waals surface area (Å²) < 4.78 is 0. The molecule has 0 saturated carbocycles. The van der Waals surface area contributed by atoms with E-state index in [1.807, 2.05) is 0 Å². The summed E-state index contributed by atoms with van der Waals surface area (Å²) in [6.45, 7) is 1.93. The Morgan fingerprint density at radius 2 is 1.82 bits per heavy atom. The van der Waals surface area contributed by atoms with Crippen LogP contribution < -0.4 is 5.32 Å². The molecule has 0 unspecified atom stereocenters. The van der Waals surface area contributed by atoms with Crippen LogP contribution in [0.3, 0.4) is 0 Å². The summed E-state index contributed by atoms with van der Waals surface area (Å²) >= 11 is 0. The summed E-state index contributed by atoms with van der Waals surface area (Å²) in [7, 11) is 1.80. The molecule has 11 heavy (non-hydrogen) atoms. The van der Waals surface area contributed by atoms with Gasteiger partial charge in [-0.1, -0.05) is 0 Å². The Morgan fingerprint density at radius 3 is 1.82 bits per heavy atom. The fraction of sp³-hybridized carbons (Fsp3) is 0.667. The van der Waals surface area contributed by atoms with E-state index in [0.29, 0.717) is 6.54 Å². The van der Waals surface area contributed by atoms with Crippen LogP contribution in [0.15, 0.2) is 0 Å². The lowest BCUT2D eigenvalue weighted by atomic mass is 10.5. The zero-order chi connectivity index (χ0) is 9.28. The molecule has 0 saturated heterocycles. The largest absolute Gasteiger partial charge is 0.476 e. The van der Waals surface area contributed by atoms with E-state index in [-0.39, 0.29) is 6.61 Å². The zero-order valence-electron chi connectivity index (χ0n) is 6.63. The fourth-order valence-electron chi connectivity index (χ4n) is 0.112. The second-order valence-electron chi connectivity index (χ2n) is 1.69. The number of aliphatic hydroxyl groups is 1. The van der Waals surface area contributed by atoms with Gasteiger partial charge in [0.15, 0.2) is 0 Å². The summed E-state index contributed by atoms with van der Waals surface area (Å²) in [5.41, 5.74) is 0. The predicted octanol–water partition coefficient (Wildman–Crippen LogP) is -1.14. The van der Waals surface area contributed by atoms with Crippen LogP contribution >= 0.6 is 0 Å². The van der Waals surface area contributed by atoms with Gasteiger partial charge in [-0.15, -0.1) is 0 Å². The Labute approximate surface area is 65.0 Å². The number of hydrogen-bond donors (Lipinski definition) is 3. The zero-order valence-corrected chi connectivity index (χ0v) is 6.63. The molecule has 5 heteroatoms. The van der Waals surface area contributed by atoms with Gasteiger partial charge in [0, 0.05) is 13.5 Å². The SMILES string of the molecule is CC(=O)C(=O)O.CNCCO. The first-order valence-corrected chi connectivity index (χ1v) is 3.05. The van der Waals surface area contributed by atoms with Crippen molar-refractivity contribution in [2.45, 2.75) is 6.92 Å². The number of ketones is 1. The number of aliphatic carboxylic acids is 1. The van der Waals surface area contributed by atoms with Gasteiger partial charge in [0.25, 0.3) is 0 Å². The van der Waals surface area contributed by atoms with E-state index in [0.717, 1.165) is 6.92 Å². The summed E-state index contributed by atoms with van der Waals surface area (Å²) in [4.78, 5) is 18.9. The monoisotopic (exact) mass is 163 g/mol. The minimum atomic E-state index is -1.38. The number of hydrogen-bond acceptors (Lipinski definition) is 4. The van der Waals surface area contributed by atoms with Crippen LogP contribution in [0.4, 0.5) is 0 Å². The third-order valence-electron chi connectivity index (χ3n) is 0.663. The van der Waals surface area contributed by atoms with Crippen LogP contribution in [-0.4, -0.2) is 42.2 Å². The number of aliphatic hydroxyl groups excluding tert-OH is 1. The van der Waals surface area contributed by atoms with Gasteiger partial charge < -0.3 is 15.5 Å². The summed E-state index contributed by atoms with van der Waals surface area (Å²) in [6.07, 6.45) is 0. The van der Waals surface area contributed by atoms with Crippen molar-refractivity contribution in [3.8, 4) is 0 Å². The standard InChI is InChI=1S/C3H9NO.C3H4O3/c1-4-2-3-5;1-2(4)3(5)6/h4-5H,2-3H2,1H3;1H3,(H,5,6). The molecule has 5 nitrogen and oxygen atoms in total. The smallest absolute Gasteiger partial charge is 0.371 e. The summed E-state index contributed by atoms with van der Waals surface area (Å²) in [6, 6.07) is 0. The first-order valence-electron chi connectivity index (χ1n) is 3.05. The molecule has 66 valence electrons. The maximum absolute atomic E-state index is 9.54. The van der Waals surface area contributed by atoms with E-state index in [1.54, 1.807) is 7.05 Å². The average molecular weight is 163 g/mol. The van der Waals surface area contributed by atoms with E-state index in [1.165, 1.54) is 0 Å². The molecule has 0 atom stereocenters. The van der Waals surface area contributed by atoms with Crippen molar-refractivity contribution in [1.29, 1.82) is 0 Å². The van der Waals surface area contributed by atoms with Crippen molar-refractivity contribution in [2.75, 3.05) is 20.2 Å². The minimum absolute atomic E-state index is 0.233. The third kappa shape index (κ3) is 17.6. The van der Waals surface area contributed by atoms with E-state index >= 15 is 0 Å². The van der Waals surface area contributed by atoms with Gasteiger partial charge >= 0.3 is 5.97 Å². The van der Waals surface area contributed by atoms with Gasteiger partial charge in [-0.05, 0) is 7.05 Å². The normalized spacial score (nSPS) is 7.91. The number of carboxylic acids is 1. The number of nitrogens with one attached hydrogen (secondary N) is 1. The molecule has 0 amide bonds. The van der Waals surface area contributed by atoms with Gasteiger partial charge in [0.05, 0.1) is 6.61 Å². The molecule has 0 fully saturated rings. The lowest BCUT2D eigenvalue weighted by molar-refractivity contribution is -0.148. The summed E-state index contributed by atoms with van der Waals surface area (Å²) in [5.74, 6) is -2.20. The highest BCUT2D eigenvalue weighted by Gasteiger charge is 1.98. The van der Waals surface area contributed by atoms with Gasteiger partial charge in [-0.3, -0.25) is 4.79 Å². The number of carbonyl (C=O) groups excluding carboxylic acids is 1. The number of carbonyl (C=O) groups is 2. The highest BCUT2D eigenvalue weighted by molar-refractivity contribution is 6.31. The predicted molar refractivity (Wildman–Crippen MR) is 39.3 cm³/mol. The number of likely N-dealkylation sites (N-methyl/N-ethyl adjacent to an activating group) is 1. The van der Waals surface area contributed by atoms with Crippen LogP contribution in [0.5, 0.6) is 0 Å². The Kier molecular flexibility index (Phi) is 10.5. The molecule has 0 heterocycles. The Morgan fingerprint density at radius 1 is 1.45 bits per heavy atom. The molecular formula is C6H13NO4. The maximum Gasteiger partial charge on any atom is 0.371 e. The van der Waals surface area contributed by atoms with Crippen LogP contribution in [0.2, 0.25) is 0 Å². The van der Waals surface area contributed by atoms with Crippen LogP contribution in [0.1, 0.15) is 6.92 Å². The molecule has 0 radical (unpaired) electrons. The lowest BCUT2D eigenvalue weighted by Crippen LogP contribution is -2.10.